The van der Waals surface area contributed by atoms with Crippen molar-refractivity contribution in [2.45, 2.75) is 0 Å². The van der Waals surface area contributed by atoms with Gasteiger partial charge in [-0.05, 0) is 6.54 Å². The molecule has 2 rings (SSSR count). The monoisotopic (exact) mass is 169 g/mol. The molecule has 0 spiro atoms. The summed E-state index contributed by atoms with van der Waals surface area (Å²) in [5.41, 5.74) is 2.36. The van der Waals surface area contributed by atoms with E-state index in [1.165, 1.54) is 11.0 Å². The van der Waals surface area contributed by atoms with Crippen LogP contribution < -0.4 is 5.23 Å². The first kappa shape index (κ1) is 8.09. The highest BCUT2D eigenvalue weighted by Gasteiger charge is 2.11. The van der Waals surface area contributed by atoms with E-state index in [2.05, 4.69) is 29.4 Å². The van der Waals surface area contributed by atoms with Gasteiger partial charge in [0.25, 0.3) is 0 Å². The van der Waals surface area contributed by atoms with Gasteiger partial charge < -0.3 is 5.23 Å². The van der Waals surface area contributed by atoms with Crippen molar-refractivity contribution in [3.05, 3.63) is 42.0 Å². The van der Waals surface area contributed by atoms with Crippen molar-refractivity contribution in [1.82, 2.24) is 5.23 Å². The summed E-state index contributed by atoms with van der Waals surface area (Å²) >= 11 is 0. The fourth-order valence-electron chi connectivity index (χ4n) is 1.73. The molecule has 1 atom stereocenters. The van der Waals surface area contributed by atoms with Crippen LogP contribution in [0.3, 0.4) is 0 Å². The average Bonchev–Trinajstić information content (AvgIpc) is 2.67. The van der Waals surface area contributed by atoms with Crippen LogP contribution in [0.2, 0.25) is 0 Å². The van der Waals surface area contributed by atoms with Gasteiger partial charge in [-0.15, -0.1) is 12.0 Å². The number of nitrogens with one attached hydrogen (secondary N) is 1. The second-order valence-corrected chi connectivity index (χ2v) is 3.24. The molecule has 1 aromatic carbocycles. The smallest absolute Gasteiger partial charge is 0.178 e. The Labute approximate surface area is 78.0 Å². The van der Waals surface area contributed by atoms with Crippen molar-refractivity contribution in [3.63, 3.8) is 0 Å². The summed E-state index contributed by atoms with van der Waals surface area (Å²) in [6.45, 7) is -0.115. The SMILES string of the molecule is N#C[BH-]1NCC=C1c1ccccc1. The van der Waals surface area contributed by atoms with Crippen molar-refractivity contribution >= 4 is 12.3 Å². The molecule has 0 aliphatic carbocycles. The van der Waals surface area contributed by atoms with Crippen LogP contribution in [0.15, 0.2) is 36.4 Å². The summed E-state index contributed by atoms with van der Waals surface area (Å²) in [5, 5.41) is 12.1. The first-order chi connectivity index (χ1) is 6.42. The summed E-state index contributed by atoms with van der Waals surface area (Å²) in [5.74, 6) is 2.32. The summed E-state index contributed by atoms with van der Waals surface area (Å²) in [7, 11) is 0. The first-order valence-electron chi connectivity index (χ1n) is 4.50. The van der Waals surface area contributed by atoms with E-state index in [-0.39, 0.29) is 0 Å². The zero-order chi connectivity index (χ0) is 9.10. The van der Waals surface area contributed by atoms with Gasteiger partial charge in [-0.25, -0.2) is 5.26 Å². The molecule has 13 heavy (non-hydrogen) atoms. The molecule has 0 fully saturated rings. The molecule has 1 N–H and O–H groups in total. The van der Waals surface area contributed by atoms with Gasteiger partial charge in [-0.3, -0.25) is 0 Å². The standard InChI is InChI=1S/C10H10BN2/c12-8-11-10(6-7-13-11)9-4-2-1-3-5-9/h1-6,11,13H,7H2/q-1. The second-order valence-electron chi connectivity index (χ2n) is 3.24. The molecule has 3 heteroatoms. The normalized spacial score (nSPS) is 20.8. The van der Waals surface area contributed by atoms with Crippen molar-refractivity contribution < 1.29 is 0 Å². The molecule has 1 aliphatic heterocycles. The first-order valence-corrected chi connectivity index (χ1v) is 4.50. The lowest BCUT2D eigenvalue weighted by Gasteiger charge is -2.13. The molecule has 0 bridgehead atoms. The van der Waals surface area contributed by atoms with E-state index in [0.29, 0.717) is 0 Å². The summed E-state index contributed by atoms with van der Waals surface area (Å²) < 4.78 is 0. The van der Waals surface area contributed by atoms with E-state index in [0.717, 1.165) is 6.54 Å². The molecule has 0 saturated heterocycles. The van der Waals surface area contributed by atoms with Crippen molar-refractivity contribution in [2.75, 3.05) is 6.54 Å². The van der Waals surface area contributed by atoms with E-state index < -0.39 is 6.85 Å². The molecule has 0 aromatic heterocycles. The summed E-state index contributed by atoms with van der Waals surface area (Å²) in [6, 6.07) is 10.1. The Morgan fingerprint density at radius 1 is 1.31 bits per heavy atom. The Morgan fingerprint density at radius 2 is 2.08 bits per heavy atom. The maximum Gasteiger partial charge on any atom is 0.178 e. The average molecular weight is 169 g/mol. The highest BCUT2D eigenvalue weighted by atomic mass is 14.8. The molecule has 0 radical (unpaired) electrons. The maximum atomic E-state index is 8.88. The number of rotatable bonds is 1. The minimum atomic E-state index is -0.946. The van der Waals surface area contributed by atoms with Crippen molar-refractivity contribution in [3.8, 4) is 5.97 Å². The van der Waals surface area contributed by atoms with Gasteiger partial charge >= 0.3 is 0 Å². The fraction of sp³-hybridized carbons (Fsp3) is 0.100. The van der Waals surface area contributed by atoms with Crippen LogP contribution in [-0.4, -0.2) is 13.4 Å². The Morgan fingerprint density at radius 3 is 2.77 bits per heavy atom. The summed E-state index contributed by atoms with van der Waals surface area (Å²) in [6.07, 6.45) is 2.11. The van der Waals surface area contributed by atoms with E-state index in [1.54, 1.807) is 0 Å². The van der Waals surface area contributed by atoms with Crippen molar-refractivity contribution in [1.29, 1.82) is 5.26 Å². The second kappa shape index (κ2) is 3.46. The van der Waals surface area contributed by atoms with Crippen LogP contribution >= 0.6 is 0 Å². The Kier molecular flexibility index (Phi) is 2.16. The predicted molar refractivity (Wildman–Crippen MR) is 55.2 cm³/mol. The van der Waals surface area contributed by atoms with Crippen LogP contribution in [0.5, 0.6) is 0 Å². The van der Waals surface area contributed by atoms with Crippen LogP contribution in [0.25, 0.3) is 5.47 Å². The van der Waals surface area contributed by atoms with E-state index in [1.807, 2.05) is 18.2 Å². The molecule has 1 aliphatic rings. The van der Waals surface area contributed by atoms with Gasteiger partial charge in [0.1, 0.15) is 0 Å². The molecule has 0 amide bonds. The molecule has 1 unspecified atom stereocenters. The topological polar surface area (TPSA) is 35.8 Å². The third-order valence-electron chi connectivity index (χ3n) is 2.43. The van der Waals surface area contributed by atoms with E-state index in [4.69, 9.17) is 5.26 Å². The van der Waals surface area contributed by atoms with E-state index in [9.17, 15) is 0 Å². The third-order valence-corrected chi connectivity index (χ3v) is 2.43. The highest BCUT2D eigenvalue weighted by Crippen LogP contribution is 2.18. The third kappa shape index (κ3) is 1.49. The Bertz CT molecular complexity index is 364. The minimum Gasteiger partial charge on any atom is -0.472 e. The van der Waals surface area contributed by atoms with Gasteiger partial charge in [0.2, 0.25) is 0 Å². The number of nitrogens with zero attached hydrogens (tertiary/aromatic N) is 1. The number of nitriles is 1. The largest absolute Gasteiger partial charge is 0.472 e. The molecule has 0 saturated carbocycles. The molecule has 2 nitrogen and oxygen atoms in total. The molecule has 1 heterocycles. The number of benzene rings is 1. The molecular formula is C10H10BN2-. The van der Waals surface area contributed by atoms with Crippen LogP contribution in [0, 0.1) is 11.2 Å². The maximum absolute atomic E-state index is 8.88. The Hall–Kier alpha value is -1.53. The van der Waals surface area contributed by atoms with Crippen molar-refractivity contribution in [2.24, 2.45) is 0 Å². The lowest BCUT2D eigenvalue weighted by Crippen LogP contribution is -2.28. The minimum absolute atomic E-state index is 0.831. The molecule has 64 valence electrons. The van der Waals surface area contributed by atoms with Crippen LogP contribution in [0.4, 0.5) is 0 Å². The van der Waals surface area contributed by atoms with Crippen LogP contribution in [0.1, 0.15) is 5.56 Å². The molecule has 1 aromatic rings. The number of hydrogen-bond acceptors (Lipinski definition) is 2. The van der Waals surface area contributed by atoms with Crippen LogP contribution in [-0.2, 0) is 0 Å². The summed E-state index contributed by atoms with van der Waals surface area (Å²) in [4.78, 5) is 0. The molecular weight excluding hydrogens is 159 g/mol. The lowest BCUT2D eigenvalue weighted by molar-refractivity contribution is 1.12. The van der Waals surface area contributed by atoms with Gasteiger partial charge in [-0.2, -0.15) is 5.47 Å². The van der Waals surface area contributed by atoms with Gasteiger partial charge in [-0.1, -0.05) is 35.9 Å². The lowest BCUT2D eigenvalue weighted by atomic mass is 9.57. The Balaban J connectivity index is 2.33. The fourth-order valence-corrected chi connectivity index (χ4v) is 1.73. The predicted octanol–water partition coefficient (Wildman–Crippen LogP) is 0.999. The van der Waals surface area contributed by atoms with Gasteiger partial charge in [0.05, 0.1) is 0 Å². The van der Waals surface area contributed by atoms with E-state index >= 15 is 0 Å². The zero-order valence-electron chi connectivity index (χ0n) is 7.33. The highest BCUT2D eigenvalue weighted by molar-refractivity contribution is 6.84. The number of hydrogen-bond donors (Lipinski definition) is 1. The quantitative estimate of drug-likeness (QED) is 0.636. The van der Waals surface area contributed by atoms with Gasteiger partial charge in [0.15, 0.2) is 6.85 Å². The zero-order valence-corrected chi connectivity index (χ0v) is 7.33. The van der Waals surface area contributed by atoms with Gasteiger partial charge in [0, 0.05) is 0 Å².